The summed E-state index contributed by atoms with van der Waals surface area (Å²) in [5.74, 6) is 2.62. The van der Waals surface area contributed by atoms with Gasteiger partial charge in [-0.25, -0.2) is 4.98 Å². The molecule has 0 aliphatic rings. The Morgan fingerprint density at radius 3 is 2.12 bits per heavy atom. The first-order valence-electron chi connectivity index (χ1n) is 8.80. The average Bonchev–Trinajstić information content (AvgIpc) is 2.70. The summed E-state index contributed by atoms with van der Waals surface area (Å²) < 4.78 is 5.82. The number of anilines is 1. The van der Waals surface area contributed by atoms with Crippen LogP contribution in [0, 0.1) is 0 Å². The second kappa shape index (κ2) is 9.48. The third-order valence-electron chi connectivity index (χ3n) is 3.75. The van der Waals surface area contributed by atoms with Crippen LogP contribution in [-0.2, 0) is 6.42 Å². The van der Waals surface area contributed by atoms with Gasteiger partial charge in [0.1, 0.15) is 17.3 Å². The standard InChI is InChI=1S/C20H20N2O.C2H6/c1-3-15-13-17(14-22-20(15)21-2)16-9-11-19(12-10-16)23-18-7-5-4-6-8-18;1-2/h4-14H,3H2,1-2H3,(H,21,22);1-2H3. The third kappa shape index (κ3) is 4.83. The maximum atomic E-state index is 5.82. The average molecular weight is 334 g/mol. The number of hydrogen-bond acceptors (Lipinski definition) is 3. The van der Waals surface area contributed by atoms with Crippen LogP contribution in [0.15, 0.2) is 66.9 Å². The van der Waals surface area contributed by atoms with Crippen molar-refractivity contribution in [3.05, 3.63) is 72.4 Å². The van der Waals surface area contributed by atoms with Crippen LogP contribution in [0.25, 0.3) is 11.1 Å². The summed E-state index contributed by atoms with van der Waals surface area (Å²) >= 11 is 0. The number of hydrogen-bond donors (Lipinski definition) is 1. The number of para-hydroxylation sites is 1. The number of nitrogens with zero attached hydrogens (tertiary/aromatic N) is 1. The Hall–Kier alpha value is -2.81. The molecule has 0 radical (unpaired) electrons. The maximum Gasteiger partial charge on any atom is 0.128 e. The zero-order valence-electron chi connectivity index (χ0n) is 15.4. The lowest BCUT2D eigenvalue weighted by Crippen LogP contribution is -1.98. The van der Waals surface area contributed by atoms with Gasteiger partial charge in [0.15, 0.2) is 0 Å². The minimum Gasteiger partial charge on any atom is -0.457 e. The van der Waals surface area contributed by atoms with E-state index in [2.05, 4.69) is 35.4 Å². The van der Waals surface area contributed by atoms with Crippen LogP contribution in [0.3, 0.4) is 0 Å². The Kier molecular flexibility index (Phi) is 7.02. The zero-order valence-corrected chi connectivity index (χ0v) is 15.4. The number of pyridine rings is 1. The quantitative estimate of drug-likeness (QED) is 0.605. The maximum absolute atomic E-state index is 5.82. The lowest BCUT2D eigenvalue weighted by atomic mass is 10.0. The van der Waals surface area contributed by atoms with Crippen LogP contribution >= 0.6 is 0 Å². The van der Waals surface area contributed by atoms with Crippen LogP contribution in [0.4, 0.5) is 5.82 Å². The highest BCUT2D eigenvalue weighted by Crippen LogP contribution is 2.27. The van der Waals surface area contributed by atoms with Gasteiger partial charge in [-0.1, -0.05) is 51.1 Å². The molecular formula is C22H26N2O. The summed E-state index contributed by atoms with van der Waals surface area (Å²) in [4.78, 5) is 4.49. The molecule has 3 nitrogen and oxygen atoms in total. The molecule has 0 aliphatic carbocycles. The van der Waals surface area contributed by atoms with Crippen molar-refractivity contribution in [1.82, 2.24) is 4.98 Å². The van der Waals surface area contributed by atoms with Gasteiger partial charge in [-0.15, -0.1) is 0 Å². The highest BCUT2D eigenvalue weighted by molar-refractivity contribution is 5.66. The molecule has 0 aliphatic heterocycles. The van der Waals surface area contributed by atoms with Gasteiger partial charge in [0.25, 0.3) is 0 Å². The fourth-order valence-corrected chi connectivity index (χ4v) is 2.50. The van der Waals surface area contributed by atoms with E-state index in [1.54, 1.807) is 0 Å². The third-order valence-corrected chi connectivity index (χ3v) is 3.75. The molecule has 3 aromatic rings. The van der Waals surface area contributed by atoms with E-state index < -0.39 is 0 Å². The number of benzene rings is 2. The van der Waals surface area contributed by atoms with Crippen molar-refractivity contribution in [2.75, 3.05) is 12.4 Å². The molecular weight excluding hydrogens is 308 g/mol. The van der Waals surface area contributed by atoms with E-state index >= 15 is 0 Å². The number of rotatable bonds is 5. The monoisotopic (exact) mass is 334 g/mol. The van der Waals surface area contributed by atoms with Crippen molar-refractivity contribution in [1.29, 1.82) is 0 Å². The summed E-state index contributed by atoms with van der Waals surface area (Å²) in [6.07, 6.45) is 2.85. The predicted molar refractivity (Wildman–Crippen MR) is 106 cm³/mol. The van der Waals surface area contributed by atoms with Gasteiger partial charge in [-0.2, -0.15) is 0 Å². The minimum atomic E-state index is 0.829. The van der Waals surface area contributed by atoms with Gasteiger partial charge in [-0.3, -0.25) is 0 Å². The number of aromatic nitrogens is 1. The first kappa shape index (κ1) is 18.5. The first-order chi connectivity index (χ1) is 12.3. The Balaban J connectivity index is 0.00000109. The molecule has 1 N–H and O–H groups in total. The molecule has 3 heteroatoms. The van der Waals surface area contributed by atoms with Gasteiger partial charge in [-0.05, 0) is 47.9 Å². The summed E-state index contributed by atoms with van der Waals surface area (Å²) in [5, 5.41) is 3.13. The SMILES string of the molecule is CC.CCc1cc(-c2ccc(Oc3ccccc3)cc2)cnc1NC. The van der Waals surface area contributed by atoms with Crippen molar-refractivity contribution in [3.63, 3.8) is 0 Å². The number of ether oxygens (including phenoxy) is 1. The van der Waals surface area contributed by atoms with Gasteiger partial charge in [0.2, 0.25) is 0 Å². The van der Waals surface area contributed by atoms with Crippen molar-refractivity contribution < 1.29 is 4.74 Å². The second-order valence-electron chi connectivity index (χ2n) is 5.27. The zero-order chi connectivity index (χ0) is 18.1. The fraction of sp³-hybridized carbons (Fsp3) is 0.227. The molecule has 0 spiro atoms. The molecule has 0 atom stereocenters. The normalized spacial score (nSPS) is 9.76. The Morgan fingerprint density at radius 2 is 1.52 bits per heavy atom. The Bertz CT molecular complexity index is 768. The first-order valence-corrected chi connectivity index (χ1v) is 8.80. The van der Waals surface area contributed by atoms with Crippen molar-refractivity contribution in [3.8, 4) is 22.6 Å². The molecule has 0 saturated carbocycles. The minimum absolute atomic E-state index is 0.829. The molecule has 1 heterocycles. The van der Waals surface area contributed by atoms with Crippen LogP contribution < -0.4 is 10.1 Å². The highest BCUT2D eigenvalue weighted by atomic mass is 16.5. The molecule has 0 fully saturated rings. The van der Waals surface area contributed by atoms with E-state index in [1.165, 1.54) is 5.56 Å². The van der Waals surface area contributed by atoms with E-state index in [0.29, 0.717) is 0 Å². The van der Waals surface area contributed by atoms with Crippen LogP contribution in [-0.4, -0.2) is 12.0 Å². The van der Waals surface area contributed by atoms with Gasteiger partial charge in [0, 0.05) is 18.8 Å². The largest absolute Gasteiger partial charge is 0.457 e. The van der Waals surface area contributed by atoms with Crippen molar-refractivity contribution in [2.24, 2.45) is 0 Å². The lowest BCUT2D eigenvalue weighted by molar-refractivity contribution is 0.483. The summed E-state index contributed by atoms with van der Waals surface area (Å²) in [6.45, 7) is 6.14. The molecule has 130 valence electrons. The second-order valence-corrected chi connectivity index (χ2v) is 5.27. The fourth-order valence-electron chi connectivity index (χ4n) is 2.50. The summed E-state index contributed by atoms with van der Waals surface area (Å²) in [6, 6.07) is 20.1. The summed E-state index contributed by atoms with van der Waals surface area (Å²) in [5.41, 5.74) is 3.47. The van der Waals surface area contributed by atoms with E-state index in [4.69, 9.17) is 4.74 Å². The van der Waals surface area contributed by atoms with Crippen molar-refractivity contribution in [2.45, 2.75) is 27.2 Å². The molecule has 1 aromatic heterocycles. The van der Waals surface area contributed by atoms with Gasteiger partial charge in [0.05, 0.1) is 0 Å². The number of aryl methyl sites for hydroxylation is 1. The van der Waals surface area contributed by atoms with E-state index in [9.17, 15) is 0 Å². The van der Waals surface area contributed by atoms with E-state index in [0.717, 1.165) is 34.9 Å². The number of nitrogens with one attached hydrogen (secondary N) is 1. The molecule has 3 rings (SSSR count). The lowest BCUT2D eigenvalue weighted by Gasteiger charge is -2.10. The molecule has 25 heavy (non-hydrogen) atoms. The molecule has 0 amide bonds. The van der Waals surface area contributed by atoms with Gasteiger partial charge >= 0.3 is 0 Å². The molecule has 0 bridgehead atoms. The van der Waals surface area contributed by atoms with Crippen LogP contribution in [0.5, 0.6) is 11.5 Å². The Labute approximate surface area is 150 Å². The van der Waals surface area contributed by atoms with Crippen molar-refractivity contribution >= 4 is 5.82 Å². The summed E-state index contributed by atoms with van der Waals surface area (Å²) in [7, 11) is 1.90. The van der Waals surface area contributed by atoms with Crippen LogP contribution in [0.1, 0.15) is 26.3 Å². The molecule has 2 aromatic carbocycles. The Morgan fingerprint density at radius 1 is 0.880 bits per heavy atom. The molecule has 0 saturated heterocycles. The van der Waals surface area contributed by atoms with Gasteiger partial charge < -0.3 is 10.1 Å². The van der Waals surface area contributed by atoms with Crippen LogP contribution in [0.2, 0.25) is 0 Å². The molecule has 0 unspecified atom stereocenters. The topological polar surface area (TPSA) is 34.1 Å². The van der Waals surface area contributed by atoms with E-state index in [-0.39, 0.29) is 0 Å². The smallest absolute Gasteiger partial charge is 0.128 e. The van der Waals surface area contributed by atoms with E-state index in [1.807, 2.05) is 69.6 Å². The predicted octanol–water partition coefficient (Wildman–Crippen LogP) is 6.17. The highest BCUT2D eigenvalue weighted by Gasteiger charge is 2.05.